The third kappa shape index (κ3) is 3.77. The van der Waals surface area contributed by atoms with E-state index in [1.807, 2.05) is 43.5 Å². The molecule has 0 aliphatic heterocycles. The summed E-state index contributed by atoms with van der Waals surface area (Å²) in [5.41, 5.74) is 8.20. The van der Waals surface area contributed by atoms with Crippen LogP contribution in [0.3, 0.4) is 0 Å². The quantitative estimate of drug-likeness (QED) is 0.437. The molecule has 28 heavy (non-hydrogen) atoms. The summed E-state index contributed by atoms with van der Waals surface area (Å²) in [5.74, 6) is -0.321. The van der Waals surface area contributed by atoms with Gasteiger partial charge in [0.2, 0.25) is 0 Å². The lowest BCUT2D eigenvalue weighted by atomic mass is 10.1. The number of aromatic nitrogens is 1. The van der Waals surface area contributed by atoms with Gasteiger partial charge in [-0.05, 0) is 68.7 Å². The molecule has 0 bridgehead atoms. The van der Waals surface area contributed by atoms with Crippen LogP contribution in [0.2, 0.25) is 0 Å². The lowest BCUT2D eigenvalue weighted by Crippen LogP contribution is -2.06. The second kappa shape index (κ2) is 8.26. The van der Waals surface area contributed by atoms with Crippen LogP contribution >= 0.6 is 0 Å². The van der Waals surface area contributed by atoms with E-state index >= 15 is 0 Å². The summed E-state index contributed by atoms with van der Waals surface area (Å²) in [4.78, 5) is 16.5. The molecule has 1 aromatic heterocycles. The standard InChI is InChI=1S/C24H26N2O2/c1-6-19-9-7-8-10-22(19)25-15-21-14-17(3)26(18(21)4)23-12-11-20(13-16(23)2)24(27)28-5/h7-15H,6H2,1-5H3. The number of esters is 1. The molecule has 0 amide bonds. The van der Waals surface area contributed by atoms with Gasteiger partial charge in [0, 0.05) is 28.9 Å². The predicted octanol–water partition coefficient (Wildman–Crippen LogP) is 5.50. The fraction of sp³-hybridized carbons (Fsp3) is 0.250. The fourth-order valence-corrected chi connectivity index (χ4v) is 3.52. The zero-order valence-electron chi connectivity index (χ0n) is 17.1. The highest BCUT2D eigenvalue weighted by Crippen LogP contribution is 2.25. The first-order valence-electron chi connectivity index (χ1n) is 9.46. The van der Waals surface area contributed by atoms with Crippen molar-refractivity contribution in [2.75, 3.05) is 7.11 Å². The number of para-hydroxylation sites is 1. The van der Waals surface area contributed by atoms with Gasteiger partial charge in [-0.1, -0.05) is 25.1 Å². The molecular formula is C24H26N2O2. The zero-order valence-corrected chi connectivity index (χ0v) is 17.1. The maximum Gasteiger partial charge on any atom is 0.337 e. The lowest BCUT2D eigenvalue weighted by molar-refractivity contribution is 0.0600. The Kier molecular flexibility index (Phi) is 5.78. The van der Waals surface area contributed by atoms with E-state index in [0.717, 1.165) is 40.3 Å². The first kappa shape index (κ1) is 19.6. The molecule has 0 unspecified atom stereocenters. The Labute approximate surface area is 166 Å². The number of aliphatic imine (C=N–C) groups is 1. The SMILES string of the molecule is CCc1ccccc1N=Cc1cc(C)n(-c2ccc(C(=O)OC)cc2C)c1C. The van der Waals surface area contributed by atoms with Crippen LogP contribution < -0.4 is 0 Å². The van der Waals surface area contributed by atoms with Crippen LogP contribution in [0, 0.1) is 20.8 Å². The van der Waals surface area contributed by atoms with Gasteiger partial charge in [0.25, 0.3) is 0 Å². The smallest absolute Gasteiger partial charge is 0.337 e. The third-order valence-electron chi connectivity index (χ3n) is 5.04. The minimum atomic E-state index is -0.321. The summed E-state index contributed by atoms with van der Waals surface area (Å²) in [6.07, 6.45) is 2.89. The van der Waals surface area contributed by atoms with Crippen molar-refractivity contribution in [2.45, 2.75) is 34.1 Å². The average molecular weight is 374 g/mol. The van der Waals surface area contributed by atoms with E-state index in [1.165, 1.54) is 12.7 Å². The van der Waals surface area contributed by atoms with Crippen molar-refractivity contribution in [1.82, 2.24) is 4.57 Å². The molecule has 4 nitrogen and oxygen atoms in total. The van der Waals surface area contributed by atoms with Crippen molar-refractivity contribution in [1.29, 1.82) is 0 Å². The van der Waals surface area contributed by atoms with Crippen LogP contribution in [0.25, 0.3) is 5.69 Å². The van der Waals surface area contributed by atoms with Crippen molar-refractivity contribution in [3.8, 4) is 5.69 Å². The number of carbonyl (C=O) groups excluding carboxylic acids is 1. The Morgan fingerprint density at radius 1 is 1.11 bits per heavy atom. The van der Waals surface area contributed by atoms with Crippen molar-refractivity contribution < 1.29 is 9.53 Å². The molecule has 3 rings (SSSR count). The predicted molar refractivity (Wildman–Crippen MR) is 114 cm³/mol. The molecule has 0 aliphatic rings. The summed E-state index contributed by atoms with van der Waals surface area (Å²) in [7, 11) is 1.40. The summed E-state index contributed by atoms with van der Waals surface area (Å²) < 4.78 is 7.02. The van der Waals surface area contributed by atoms with Gasteiger partial charge in [-0.25, -0.2) is 4.79 Å². The van der Waals surface area contributed by atoms with Gasteiger partial charge in [-0.3, -0.25) is 4.99 Å². The maximum atomic E-state index is 11.8. The number of aryl methyl sites for hydroxylation is 3. The van der Waals surface area contributed by atoms with E-state index in [2.05, 4.69) is 37.5 Å². The van der Waals surface area contributed by atoms with Crippen LogP contribution in [0.15, 0.2) is 53.5 Å². The number of methoxy groups -OCH3 is 1. The van der Waals surface area contributed by atoms with Gasteiger partial charge < -0.3 is 9.30 Å². The molecule has 0 N–H and O–H groups in total. The molecule has 3 aromatic rings. The summed E-state index contributed by atoms with van der Waals surface area (Å²) >= 11 is 0. The van der Waals surface area contributed by atoms with Crippen molar-refractivity contribution >= 4 is 17.9 Å². The van der Waals surface area contributed by atoms with E-state index in [1.54, 1.807) is 6.07 Å². The molecule has 1 heterocycles. The highest BCUT2D eigenvalue weighted by Gasteiger charge is 2.13. The molecule has 144 valence electrons. The third-order valence-corrected chi connectivity index (χ3v) is 5.04. The minimum absolute atomic E-state index is 0.321. The normalized spacial score (nSPS) is 11.2. The molecule has 0 saturated carbocycles. The summed E-state index contributed by atoms with van der Waals surface area (Å²) in [6.45, 7) is 8.32. The Morgan fingerprint density at radius 2 is 1.86 bits per heavy atom. The number of rotatable bonds is 5. The van der Waals surface area contributed by atoms with E-state index < -0.39 is 0 Å². The first-order valence-corrected chi connectivity index (χ1v) is 9.46. The van der Waals surface area contributed by atoms with Gasteiger partial charge in [0.15, 0.2) is 0 Å². The Balaban J connectivity index is 1.99. The van der Waals surface area contributed by atoms with E-state index in [9.17, 15) is 4.79 Å². The molecule has 0 atom stereocenters. The van der Waals surface area contributed by atoms with Gasteiger partial charge in [-0.2, -0.15) is 0 Å². The highest BCUT2D eigenvalue weighted by atomic mass is 16.5. The summed E-state index contributed by atoms with van der Waals surface area (Å²) in [5, 5.41) is 0. The molecule has 2 aromatic carbocycles. The fourth-order valence-electron chi connectivity index (χ4n) is 3.52. The van der Waals surface area contributed by atoms with Crippen LogP contribution in [0.5, 0.6) is 0 Å². The Bertz CT molecular complexity index is 1040. The number of ether oxygens (including phenoxy) is 1. The molecule has 0 radical (unpaired) electrons. The Morgan fingerprint density at radius 3 is 2.54 bits per heavy atom. The number of benzene rings is 2. The molecule has 0 saturated heterocycles. The number of hydrogen-bond acceptors (Lipinski definition) is 3. The van der Waals surface area contributed by atoms with Gasteiger partial charge in [-0.15, -0.1) is 0 Å². The van der Waals surface area contributed by atoms with Crippen LogP contribution in [-0.4, -0.2) is 23.9 Å². The zero-order chi connectivity index (χ0) is 20.3. The van der Waals surface area contributed by atoms with Crippen molar-refractivity contribution in [3.63, 3.8) is 0 Å². The second-order valence-electron chi connectivity index (χ2n) is 6.90. The van der Waals surface area contributed by atoms with Crippen molar-refractivity contribution in [2.24, 2.45) is 4.99 Å². The van der Waals surface area contributed by atoms with Crippen LogP contribution in [0.4, 0.5) is 5.69 Å². The first-order chi connectivity index (χ1) is 13.5. The average Bonchev–Trinajstić information content (AvgIpc) is 2.99. The Hall–Kier alpha value is -3.14. The van der Waals surface area contributed by atoms with Gasteiger partial charge in [0.05, 0.1) is 18.4 Å². The minimum Gasteiger partial charge on any atom is -0.465 e. The van der Waals surface area contributed by atoms with E-state index in [0.29, 0.717) is 5.56 Å². The number of nitrogens with zero attached hydrogens (tertiary/aromatic N) is 2. The monoisotopic (exact) mass is 374 g/mol. The summed E-state index contributed by atoms with van der Waals surface area (Å²) in [6, 6.07) is 16.0. The molecular weight excluding hydrogens is 348 g/mol. The van der Waals surface area contributed by atoms with Crippen LogP contribution in [-0.2, 0) is 11.2 Å². The van der Waals surface area contributed by atoms with E-state index in [4.69, 9.17) is 9.73 Å². The molecule has 0 aliphatic carbocycles. The maximum absolute atomic E-state index is 11.8. The molecule has 0 fully saturated rings. The second-order valence-corrected chi connectivity index (χ2v) is 6.90. The van der Waals surface area contributed by atoms with Gasteiger partial charge in [0.1, 0.15) is 0 Å². The molecule has 0 spiro atoms. The van der Waals surface area contributed by atoms with Crippen molar-refractivity contribution in [3.05, 3.63) is 82.2 Å². The highest BCUT2D eigenvalue weighted by molar-refractivity contribution is 5.90. The van der Waals surface area contributed by atoms with Gasteiger partial charge >= 0.3 is 5.97 Å². The topological polar surface area (TPSA) is 43.6 Å². The lowest BCUT2D eigenvalue weighted by Gasteiger charge is -2.13. The largest absolute Gasteiger partial charge is 0.465 e. The number of hydrogen-bond donors (Lipinski definition) is 0. The van der Waals surface area contributed by atoms with Crippen LogP contribution in [0.1, 0.15) is 45.4 Å². The number of carbonyl (C=O) groups is 1. The van der Waals surface area contributed by atoms with E-state index in [-0.39, 0.29) is 5.97 Å². The molecule has 4 heteroatoms.